The fourth-order valence-corrected chi connectivity index (χ4v) is 2.42. The largest absolute Gasteiger partial charge is 0.321 e. The Kier molecular flexibility index (Phi) is 2.98. The highest BCUT2D eigenvalue weighted by Gasteiger charge is 2.10. The van der Waals surface area contributed by atoms with Gasteiger partial charge in [-0.1, -0.05) is 12.1 Å². The zero-order chi connectivity index (χ0) is 10.8. The highest BCUT2D eigenvalue weighted by molar-refractivity contribution is 7.80. The molecule has 2 aromatic rings. The molecule has 1 N–H and O–H groups in total. The van der Waals surface area contributed by atoms with Crippen LogP contribution in [0.3, 0.4) is 0 Å². The first-order valence-corrected chi connectivity index (χ1v) is 6.03. The van der Waals surface area contributed by atoms with Crippen molar-refractivity contribution in [3.8, 4) is 10.6 Å². The molecule has 0 fully saturated rings. The topological polar surface area (TPSA) is 32.9 Å². The standard InChI is InChI=1S/C11H11NOS2/c1-7(14)8-4-5-10(13)12-11(8)9-3-2-6-15-9/h2-7,14H,1H3,(H,12,13). The third kappa shape index (κ3) is 2.16. The highest BCUT2D eigenvalue weighted by atomic mass is 32.1. The minimum Gasteiger partial charge on any atom is -0.321 e. The molecule has 2 rings (SSSR count). The minimum absolute atomic E-state index is 0.0730. The van der Waals surface area contributed by atoms with Crippen LogP contribution in [0.1, 0.15) is 17.7 Å². The van der Waals surface area contributed by atoms with Crippen LogP contribution in [0.4, 0.5) is 0 Å². The predicted molar refractivity (Wildman–Crippen MR) is 67.8 cm³/mol. The van der Waals surface area contributed by atoms with Gasteiger partial charge in [-0.2, -0.15) is 12.6 Å². The molecular weight excluding hydrogens is 226 g/mol. The Balaban J connectivity index is 2.63. The molecule has 2 nitrogen and oxygen atoms in total. The van der Waals surface area contributed by atoms with Crippen molar-refractivity contribution < 1.29 is 0 Å². The number of H-pyrrole nitrogens is 1. The van der Waals surface area contributed by atoms with Crippen LogP contribution in [0.15, 0.2) is 34.4 Å². The average molecular weight is 237 g/mol. The summed E-state index contributed by atoms with van der Waals surface area (Å²) in [5, 5.41) is 2.10. The van der Waals surface area contributed by atoms with Crippen molar-refractivity contribution in [3.63, 3.8) is 0 Å². The second-order valence-electron chi connectivity index (χ2n) is 3.31. The Bertz CT molecular complexity index is 500. The molecule has 0 spiro atoms. The molecule has 4 heteroatoms. The molecule has 2 heterocycles. The van der Waals surface area contributed by atoms with Gasteiger partial charge in [0.05, 0.1) is 10.6 Å². The van der Waals surface area contributed by atoms with E-state index in [4.69, 9.17) is 0 Å². The molecule has 0 aliphatic rings. The van der Waals surface area contributed by atoms with Gasteiger partial charge in [-0.3, -0.25) is 4.79 Å². The van der Waals surface area contributed by atoms with E-state index in [1.54, 1.807) is 17.4 Å². The number of nitrogens with one attached hydrogen (secondary N) is 1. The number of aromatic nitrogens is 1. The predicted octanol–water partition coefficient (Wildman–Crippen LogP) is 3.09. The maximum Gasteiger partial charge on any atom is 0.248 e. The van der Waals surface area contributed by atoms with Crippen LogP contribution < -0.4 is 5.56 Å². The van der Waals surface area contributed by atoms with Crippen LogP contribution in [0.25, 0.3) is 10.6 Å². The van der Waals surface area contributed by atoms with Gasteiger partial charge in [0, 0.05) is 11.3 Å². The fourth-order valence-electron chi connectivity index (χ4n) is 1.46. The van der Waals surface area contributed by atoms with Crippen molar-refractivity contribution in [2.24, 2.45) is 0 Å². The minimum atomic E-state index is -0.0730. The van der Waals surface area contributed by atoms with Gasteiger partial charge in [-0.25, -0.2) is 0 Å². The number of thiol groups is 1. The number of hydrogen-bond donors (Lipinski definition) is 2. The SMILES string of the molecule is CC(S)c1ccc(=O)[nH]c1-c1cccs1. The first-order valence-electron chi connectivity index (χ1n) is 4.63. The van der Waals surface area contributed by atoms with Gasteiger partial charge in [0.2, 0.25) is 5.56 Å². The van der Waals surface area contributed by atoms with Gasteiger partial charge in [-0.05, 0) is 23.9 Å². The van der Waals surface area contributed by atoms with Gasteiger partial charge < -0.3 is 4.98 Å². The number of hydrogen-bond acceptors (Lipinski definition) is 3. The Hall–Kier alpha value is -1.00. The van der Waals surface area contributed by atoms with Crippen LogP contribution >= 0.6 is 24.0 Å². The van der Waals surface area contributed by atoms with Crippen LogP contribution in [0.5, 0.6) is 0 Å². The molecule has 15 heavy (non-hydrogen) atoms. The van der Waals surface area contributed by atoms with E-state index in [0.29, 0.717) is 0 Å². The molecule has 1 atom stereocenters. The summed E-state index contributed by atoms with van der Waals surface area (Å²) in [6.45, 7) is 1.99. The van der Waals surface area contributed by atoms with Crippen molar-refractivity contribution in [2.75, 3.05) is 0 Å². The monoisotopic (exact) mass is 237 g/mol. The maximum absolute atomic E-state index is 11.3. The van der Waals surface area contributed by atoms with Crippen molar-refractivity contribution in [3.05, 3.63) is 45.6 Å². The van der Waals surface area contributed by atoms with Crippen molar-refractivity contribution >= 4 is 24.0 Å². The molecule has 0 aliphatic heterocycles. The van der Waals surface area contributed by atoms with Crippen LogP contribution in [0, 0.1) is 0 Å². The summed E-state index contributed by atoms with van der Waals surface area (Å²) in [4.78, 5) is 15.2. The molecular formula is C11H11NOS2. The molecule has 78 valence electrons. The summed E-state index contributed by atoms with van der Waals surface area (Å²) < 4.78 is 0. The van der Waals surface area contributed by atoms with Crippen LogP contribution in [-0.2, 0) is 0 Å². The van der Waals surface area contributed by atoms with E-state index in [1.807, 2.05) is 30.5 Å². The molecule has 0 radical (unpaired) electrons. The molecule has 0 saturated heterocycles. The summed E-state index contributed by atoms with van der Waals surface area (Å²) in [5.74, 6) is 0. The van der Waals surface area contributed by atoms with E-state index in [2.05, 4.69) is 17.6 Å². The molecule has 0 bridgehead atoms. The lowest BCUT2D eigenvalue weighted by Gasteiger charge is -2.09. The zero-order valence-corrected chi connectivity index (χ0v) is 9.94. The van der Waals surface area contributed by atoms with Gasteiger partial charge >= 0.3 is 0 Å². The summed E-state index contributed by atoms with van der Waals surface area (Å²) in [6, 6.07) is 7.35. The summed E-state index contributed by atoms with van der Waals surface area (Å²) >= 11 is 6.02. The molecule has 0 aromatic carbocycles. The van der Waals surface area contributed by atoms with Crippen molar-refractivity contribution in [2.45, 2.75) is 12.2 Å². The van der Waals surface area contributed by atoms with E-state index >= 15 is 0 Å². The van der Waals surface area contributed by atoms with Crippen molar-refractivity contribution in [1.82, 2.24) is 4.98 Å². The Morgan fingerprint density at radius 2 is 2.20 bits per heavy atom. The first kappa shape index (κ1) is 10.5. The van der Waals surface area contributed by atoms with E-state index in [1.165, 1.54) is 0 Å². The third-order valence-electron chi connectivity index (χ3n) is 2.17. The fraction of sp³-hybridized carbons (Fsp3) is 0.182. The first-order chi connectivity index (χ1) is 7.18. The highest BCUT2D eigenvalue weighted by Crippen LogP contribution is 2.30. The lowest BCUT2D eigenvalue weighted by atomic mass is 10.1. The van der Waals surface area contributed by atoms with E-state index in [9.17, 15) is 4.79 Å². The Morgan fingerprint density at radius 1 is 1.40 bits per heavy atom. The molecule has 0 amide bonds. The smallest absolute Gasteiger partial charge is 0.248 e. The second-order valence-corrected chi connectivity index (χ2v) is 5.03. The maximum atomic E-state index is 11.3. The molecule has 0 aliphatic carbocycles. The average Bonchev–Trinajstić information content (AvgIpc) is 2.69. The van der Waals surface area contributed by atoms with E-state index < -0.39 is 0 Å². The summed E-state index contributed by atoms with van der Waals surface area (Å²) in [6.07, 6.45) is 0. The quantitative estimate of drug-likeness (QED) is 0.773. The van der Waals surface area contributed by atoms with Crippen molar-refractivity contribution in [1.29, 1.82) is 0 Å². The van der Waals surface area contributed by atoms with Crippen LogP contribution in [-0.4, -0.2) is 4.98 Å². The molecule has 1 unspecified atom stereocenters. The van der Waals surface area contributed by atoms with Gasteiger partial charge in [0.25, 0.3) is 0 Å². The second kappa shape index (κ2) is 4.24. The Labute approximate surface area is 97.4 Å². The third-order valence-corrected chi connectivity index (χ3v) is 3.33. The van der Waals surface area contributed by atoms with Gasteiger partial charge in [0.1, 0.15) is 0 Å². The summed E-state index contributed by atoms with van der Waals surface area (Å²) in [5.41, 5.74) is 1.87. The van der Waals surface area contributed by atoms with Gasteiger partial charge in [0.15, 0.2) is 0 Å². The number of aromatic amines is 1. The Morgan fingerprint density at radius 3 is 2.80 bits per heavy atom. The van der Waals surface area contributed by atoms with E-state index in [-0.39, 0.29) is 10.8 Å². The van der Waals surface area contributed by atoms with Gasteiger partial charge in [-0.15, -0.1) is 11.3 Å². The summed E-state index contributed by atoms with van der Waals surface area (Å²) in [7, 11) is 0. The molecule has 2 aromatic heterocycles. The zero-order valence-electron chi connectivity index (χ0n) is 8.23. The van der Waals surface area contributed by atoms with E-state index in [0.717, 1.165) is 16.1 Å². The lowest BCUT2D eigenvalue weighted by molar-refractivity contribution is 1.07. The number of rotatable bonds is 2. The van der Waals surface area contributed by atoms with Crippen LogP contribution in [0.2, 0.25) is 0 Å². The molecule has 0 saturated carbocycles. The number of thiophene rings is 1. The lowest BCUT2D eigenvalue weighted by Crippen LogP contribution is -2.07. The normalized spacial score (nSPS) is 12.7. The number of pyridine rings is 1.